The zero-order valence-electron chi connectivity index (χ0n) is 21.5. The van der Waals surface area contributed by atoms with Crippen LogP contribution in [0.4, 0.5) is 39.5 Å². The van der Waals surface area contributed by atoms with E-state index in [-0.39, 0.29) is 23.6 Å². The van der Waals surface area contributed by atoms with Gasteiger partial charge in [0.25, 0.3) is 0 Å². The number of hydrogen-bond acceptors (Lipinski definition) is 1. The summed E-state index contributed by atoms with van der Waals surface area (Å²) < 4.78 is 129. The summed E-state index contributed by atoms with van der Waals surface area (Å²) in [5.41, 5.74) is -3.84. The maximum Gasteiger partial charge on any atom is 0.432 e. The maximum atomic E-state index is 14.8. The standard InChI is InChI=1S/C29H31F9O/c1-2-3-16-4-6-17(7-5-16)18-8-10-19(11-9-18)20-12-22(30)27(23(31)13-20)29(37,38)39-21-14-24(32)26(25(33)15-21)28(34,35)36/h12-19H,2-11H2,1H3. The van der Waals surface area contributed by atoms with Crippen LogP contribution in [0.25, 0.3) is 0 Å². The van der Waals surface area contributed by atoms with Crippen LogP contribution in [0, 0.1) is 41.0 Å². The van der Waals surface area contributed by atoms with Crippen molar-refractivity contribution in [3.8, 4) is 5.75 Å². The minimum Gasteiger partial charge on any atom is -0.429 e. The van der Waals surface area contributed by atoms with E-state index in [2.05, 4.69) is 11.7 Å². The Balaban J connectivity index is 1.44. The van der Waals surface area contributed by atoms with Crippen LogP contribution in [-0.2, 0) is 12.3 Å². The molecule has 0 saturated heterocycles. The predicted molar refractivity (Wildman–Crippen MR) is 127 cm³/mol. The molecular formula is C29H31F9O. The largest absolute Gasteiger partial charge is 0.432 e. The van der Waals surface area contributed by atoms with Gasteiger partial charge >= 0.3 is 12.3 Å². The van der Waals surface area contributed by atoms with Gasteiger partial charge in [-0.05, 0) is 79.9 Å². The van der Waals surface area contributed by atoms with E-state index in [1.807, 2.05) is 0 Å². The Labute approximate surface area is 221 Å². The highest BCUT2D eigenvalue weighted by Gasteiger charge is 2.43. The van der Waals surface area contributed by atoms with Crippen molar-refractivity contribution in [1.29, 1.82) is 0 Å². The molecule has 2 aromatic carbocycles. The Hall–Kier alpha value is -2.39. The highest BCUT2D eigenvalue weighted by molar-refractivity contribution is 5.35. The number of hydrogen-bond donors (Lipinski definition) is 0. The molecule has 216 valence electrons. The summed E-state index contributed by atoms with van der Waals surface area (Å²) in [4.78, 5) is 0. The number of benzene rings is 2. The smallest absolute Gasteiger partial charge is 0.429 e. The summed E-state index contributed by atoms with van der Waals surface area (Å²) in [7, 11) is 0. The molecule has 0 unspecified atom stereocenters. The van der Waals surface area contributed by atoms with Gasteiger partial charge in [-0.3, -0.25) is 0 Å². The molecule has 2 aliphatic carbocycles. The molecule has 0 N–H and O–H groups in total. The zero-order chi connectivity index (χ0) is 28.5. The number of alkyl halides is 5. The molecule has 0 heterocycles. The molecule has 0 bridgehead atoms. The van der Waals surface area contributed by atoms with Crippen molar-refractivity contribution >= 4 is 0 Å². The van der Waals surface area contributed by atoms with Gasteiger partial charge in [0.05, 0.1) is 0 Å². The van der Waals surface area contributed by atoms with E-state index >= 15 is 0 Å². The van der Waals surface area contributed by atoms with Crippen molar-refractivity contribution in [1.82, 2.24) is 0 Å². The molecular weight excluding hydrogens is 535 g/mol. The van der Waals surface area contributed by atoms with Crippen LogP contribution in [0.2, 0.25) is 0 Å². The summed E-state index contributed by atoms with van der Waals surface area (Å²) in [5, 5.41) is 0. The summed E-state index contributed by atoms with van der Waals surface area (Å²) in [6, 6.07) is 1.40. The fourth-order valence-corrected chi connectivity index (χ4v) is 6.47. The third-order valence-electron chi connectivity index (χ3n) is 8.40. The van der Waals surface area contributed by atoms with E-state index in [0.717, 1.165) is 30.9 Å². The molecule has 39 heavy (non-hydrogen) atoms. The lowest BCUT2D eigenvalue weighted by molar-refractivity contribution is -0.189. The van der Waals surface area contributed by atoms with Gasteiger partial charge in [-0.15, -0.1) is 0 Å². The lowest BCUT2D eigenvalue weighted by Crippen LogP contribution is -2.27. The highest BCUT2D eigenvalue weighted by Crippen LogP contribution is 2.46. The van der Waals surface area contributed by atoms with E-state index < -0.39 is 52.4 Å². The zero-order valence-corrected chi connectivity index (χ0v) is 21.5. The SMILES string of the molecule is CCCC1CCC(C2CCC(c3cc(F)c(C(F)(F)Oc4cc(F)c(C(F)(F)F)c(F)c4)c(F)c3)CC2)CC1. The summed E-state index contributed by atoms with van der Waals surface area (Å²) in [5.74, 6) is -7.20. The first kappa shape index (κ1) is 29.6. The van der Waals surface area contributed by atoms with Crippen molar-refractivity contribution < 1.29 is 44.3 Å². The molecule has 4 rings (SSSR count). The van der Waals surface area contributed by atoms with Crippen molar-refractivity contribution in [2.24, 2.45) is 17.8 Å². The molecule has 0 aliphatic heterocycles. The molecule has 2 fully saturated rings. The minimum absolute atomic E-state index is 0.112. The normalized spacial score (nSPS) is 24.6. The first-order chi connectivity index (χ1) is 18.3. The second-order valence-corrected chi connectivity index (χ2v) is 10.9. The Morgan fingerprint density at radius 1 is 0.667 bits per heavy atom. The third kappa shape index (κ3) is 6.68. The average Bonchev–Trinajstić information content (AvgIpc) is 2.82. The van der Waals surface area contributed by atoms with Gasteiger partial charge in [-0.2, -0.15) is 22.0 Å². The fraction of sp³-hybridized carbons (Fsp3) is 0.586. The number of halogens is 9. The van der Waals surface area contributed by atoms with Crippen LogP contribution in [0.15, 0.2) is 24.3 Å². The summed E-state index contributed by atoms with van der Waals surface area (Å²) in [6.45, 7) is 2.20. The molecule has 2 aliphatic rings. The van der Waals surface area contributed by atoms with Gasteiger partial charge in [0, 0.05) is 12.1 Å². The number of ether oxygens (including phenoxy) is 1. The quantitative estimate of drug-likeness (QED) is 0.303. The second-order valence-electron chi connectivity index (χ2n) is 10.9. The highest BCUT2D eigenvalue weighted by atomic mass is 19.4. The third-order valence-corrected chi connectivity index (χ3v) is 8.40. The van der Waals surface area contributed by atoms with E-state index in [4.69, 9.17) is 0 Å². The van der Waals surface area contributed by atoms with Crippen LogP contribution >= 0.6 is 0 Å². The minimum atomic E-state index is -5.42. The first-order valence-corrected chi connectivity index (χ1v) is 13.4. The van der Waals surface area contributed by atoms with Gasteiger partial charge in [0.2, 0.25) is 0 Å². The van der Waals surface area contributed by atoms with Gasteiger partial charge in [0.15, 0.2) is 0 Å². The van der Waals surface area contributed by atoms with Gasteiger partial charge in [-0.25, -0.2) is 17.6 Å². The van der Waals surface area contributed by atoms with Crippen LogP contribution in [-0.4, -0.2) is 0 Å². The molecule has 2 saturated carbocycles. The van der Waals surface area contributed by atoms with Crippen LogP contribution in [0.5, 0.6) is 5.75 Å². The van der Waals surface area contributed by atoms with E-state index in [0.29, 0.717) is 24.7 Å². The molecule has 0 atom stereocenters. The topological polar surface area (TPSA) is 9.23 Å². The Morgan fingerprint density at radius 2 is 1.13 bits per heavy atom. The van der Waals surface area contributed by atoms with Crippen LogP contribution < -0.4 is 4.74 Å². The van der Waals surface area contributed by atoms with Gasteiger partial charge in [0.1, 0.15) is 40.1 Å². The maximum absolute atomic E-state index is 14.8. The van der Waals surface area contributed by atoms with E-state index in [1.165, 1.54) is 38.5 Å². The molecule has 0 aromatic heterocycles. The lowest BCUT2D eigenvalue weighted by atomic mass is 9.68. The van der Waals surface area contributed by atoms with Crippen LogP contribution in [0.3, 0.4) is 0 Å². The predicted octanol–water partition coefficient (Wildman–Crippen LogP) is 10.3. The van der Waals surface area contributed by atoms with Gasteiger partial charge in [-0.1, -0.05) is 32.6 Å². The molecule has 0 radical (unpaired) electrons. The van der Waals surface area contributed by atoms with Crippen LogP contribution in [0.1, 0.15) is 93.7 Å². The molecule has 0 spiro atoms. The second kappa shape index (κ2) is 11.6. The van der Waals surface area contributed by atoms with Crippen molar-refractivity contribution in [2.75, 3.05) is 0 Å². The van der Waals surface area contributed by atoms with E-state index in [9.17, 15) is 39.5 Å². The summed E-state index contributed by atoms with van der Waals surface area (Å²) >= 11 is 0. The Kier molecular flexibility index (Phi) is 8.81. The van der Waals surface area contributed by atoms with Gasteiger partial charge < -0.3 is 4.74 Å². The van der Waals surface area contributed by atoms with Crippen molar-refractivity contribution in [3.05, 3.63) is 64.2 Å². The summed E-state index contributed by atoms with van der Waals surface area (Å²) in [6.07, 6.45) is 0.271. The first-order valence-electron chi connectivity index (χ1n) is 13.4. The Bertz CT molecular complexity index is 1100. The molecule has 1 nitrogen and oxygen atoms in total. The average molecular weight is 567 g/mol. The molecule has 0 amide bonds. The number of rotatable bonds is 7. The van der Waals surface area contributed by atoms with Crippen molar-refractivity contribution in [3.63, 3.8) is 0 Å². The fourth-order valence-electron chi connectivity index (χ4n) is 6.47. The lowest BCUT2D eigenvalue weighted by Gasteiger charge is -2.38. The molecule has 2 aromatic rings. The van der Waals surface area contributed by atoms with E-state index in [1.54, 1.807) is 0 Å². The molecule has 10 heteroatoms. The Morgan fingerprint density at radius 3 is 1.59 bits per heavy atom. The monoisotopic (exact) mass is 566 g/mol. The van der Waals surface area contributed by atoms with Crippen molar-refractivity contribution in [2.45, 2.75) is 89.3 Å².